The molecule has 0 aliphatic heterocycles. The summed E-state index contributed by atoms with van der Waals surface area (Å²) in [6, 6.07) is 23.8. The van der Waals surface area contributed by atoms with Gasteiger partial charge in [-0.1, -0.05) is 85.6 Å². The lowest BCUT2D eigenvalue weighted by atomic mass is 10.0. The van der Waals surface area contributed by atoms with Gasteiger partial charge in [0.05, 0.1) is 12.3 Å². The van der Waals surface area contributed by atoms with Crippen LogP contribution in [0.2, 0.25) is 5.15 Å². The maximum absolute atomic E-state index is 12.6. The minimum atomic E-state index is -3.86. The van der Waals surface area contributed by atoms with Crippen LogP contribution >= 0.6 is 23.4 Å². The smallest absolute Gasteiger partial charge is 0.264 e. The first-order valence-electron chi connectivity index (χ1n) is 12.6. The Morgan fingerprint density at radius 3 is 2.41 bits per heavy atom. The molecule has 0 atom stereocenters. The number of sulfonamides is 1. The van der Waals surface area contributed by atoms with Gasteiger partial charge in [0, 0.05) is 23.4 Å². The van der Waals surface area contributed by atoms with Crippen molar-refractivity contribution < 1.29 is 18.3 Å². The zero-order valence-electron chi connectivity index (χ0n) is 21.5. The molecule has 3 aromatic carbocycles. The first kappa shape index (κ1) is 28.9. The number of carbonyl (C=O) groups is 1. The minimum Gasteiger partial charge on any atom is -0.390 e. The van der Waals surface area contributed by atoms with Crippen LogP contribution in [-0.4, -0.2) is 34.1 Å². The number of hydrogen-bond acceptors (Lipinski definition) is 6. The highest BCUT2D eigenvalue weighted by Crippen LogP contribution is 2.32. The molecule has 4 rings (SSSR count). The van der Waals surface area contributed by atoms with Crippen molar-refractivity contribution in [3.8, 4) is 11.1 Å². The van der Waals surface area contributed by atoms with Crippen molar-refractivity contribution in [2.24, 2.45) is 0 Å². The van der Waals surface area contributed by atoms with Gasteiger partial charge in [-0.05, 0) is 41.3 Å². The Morgan fingerprint density at radius 2 is 1.72 bits per heavy atom. The Kier molecular flexibility index (Phi) is 9.85. The third kappa shape index (κ3) is 7.51. The summed E-state index contributed by atoms with van der Waals surface area (Å²) in [5, 5.41) is 9.88. The predicted molar refractivity (Wildman–Crippen MR) is 156 cm³/mol. The lowest BCUT2D eigenvalue weighted by Crippen LogP contribution is -2.31. The van der Waals surface area contributed by atoms with Gasteiger partial charge >= 0.3 is 0 Å². The highest BCUT2D eigenvalue weighted by atomic mass is 35.5. The maximum atomic E-state index is 12.6. The van der Waals surface area contributed by atoms with Gasteiger partial charge < -0.3 is 9.67 Å². The monoisotopic (exact) mass is 583 g/mol. The standard InChI is InChI=1S/C29H30ClN3O4S2/c1-2-3-13-27-31-28(30)25(19-34)33(27)18-21-14-16-22(17-15-21)24-11-7-8-12-26(24)38-20-39(36,37)32-29(35)23-9-5-4-6-10-23/h4-12,14-17,34H,2-3,13,18-20H2,1H3,(H,32,35). The highest BCUT2D eigenvalue weighted by Gasteiger charge is 2.18. The van der Waals surface area contributed by atoms with Gasteiger partial charge in [-0.3, -0.25) is 4.79 Å². The first-order chi connectivity index (χ1) is 18.8. The number of rotatable bonds is 12. The summed E-state index contributed by atoms with van der Waals surface area (Å²) in [5.74, 6) is 0.207. The number of thioether (sulfide) groups is 1. The molecule has 0 bridgehead atoms. The summed E-state index contributed by atoms with van der Waals surface area (Å²) >= 11 is 7.43. The van der Waals surface area contributed by atoms with Crippen LogP contribution in [-0.2, 0) is 29.6 Å². The van der Waals surface area contributed by atoms with Crippen LogP contribution in [0, 0.1) is 0 Å². The molecule has 4 aromatic rings. The van der Waals surface area contributed by atoms with E-state index in [1.165, 1.54) is 0 Å². The maximum Gasteiger partial charge on any atom is 0.264 e. The summed E-state index contributed by atoms with van der Waals surface area (Å²) < 4.78 is 29.3. The largest absolute Gasteiger partial charge is 0.390 e. The molecule has 2 N–H and O–H groups in total. The molecule has 0 saturated heterocycles. The quantitative estimate of drug-likeness (QED) is 0.201. The summed E-state index contributed by atoms with van der Waals surface area (Å²) in [5.41, 5.74) is 3.74. The molecule has 0 saturated carbocycles. The molecule has 0 unspecified atom stereocenters. The van der Waals surface area contributed by atoms with Crippen molar-refractivity contribution in [2.45, 2.75) is 44.2 Å². The van der Waals surface area contributed by atoms with Crippen molar-refractivity contribution >= 4 is 39.3 Å². The lowest BCUT2D eigenvalue weighted by molar-refractivity contribution is 0.0981. The van der Waals surface area contributed by atoms with Gasteiger partial charge in [0.25, 0.3) is 5.91 Å². The number of nitrogens with one attached hydrogen (secondary N) is 1. The van der Waals surface area contributed by atoms with E-state index < -0.39 is 15.9 Å². The van der Waals surface area contributed by atoms with Crippen molar-refractivity contribution in [1.29, 1.82) is 0 Å². The molecule has 1 heterocycles. The normalized spacial score (nSPS) is 11.5. The van der Waals surface area contributed by atoms with Crippen molar-refractivity contribution in [3.63, 3.8) is 0 Å². The van der Waals surface area contributed by atoms with E-state index in [0.29, 0.717) is 17.4 Å². The average Bonchev–Trinajstić information content (AvgIpc) is 3.25. The number of carbonyl (C=O) groups excluding carboxylic acids is 1. The number of amides is 1. The Labute approximate surface area is 238 Å². The second-order valence-corrected chi connectivity index (χ2v) is 12.4. The van der Waals surface area contributed by atoms with E-state index in [4.69, 9.17) is 11.6 Å². The topological polar surface area (TPSA) is 101 Å². The van der Waals surface area contributed by atoms with E-state index in [1.54, 1.807) is 30.3 Å². The molecule has 0 aliphatic carbocycles. The van der Waals surface area contributed by atoms with Crippen LogP contribution in [0.3, 0.4) is 0 Å². The molecule has 39 heavy (non-hydrogen) atoms. The number of aliphatic hydroxyl groups excluding tert-OH is 1. The number of aromatic nitrogens is 2. The molecular weight excluding hydrogens is 554 g/mol. The first-order valence-corrected chi connectivity index (χ1v) is 15.6. The van der Waals surface area contributed by atoms with Crippen molar-refractivity contribution in [2.75, 3.05) is 5.08 Å². The molecule has 1 aromatic heterocycles. The molecule has 204 valence electrons. The zero-order valence-corrected chi connectivity index (χ0v) is 23.9. The van der Waals surface area contributed by atoms with E-state index >= 15 is 0 Å². The Morgan fingerprint density at radius 1 is 1.03 bits per heavy atom. The SMILES string of the molecule is CCCCc1nc(Cl)c(CO)n1Cc1ccc(-c2ccccc2SCS(=O)(=O)NC(=O)c2ccccc2)cc1. The molecule has 10 heteroatoms. The van der Waals surface area contributed by atoms with Gasteiger partial charge in [0.15, 0.2) is 5.15 Å². The van der Waals surface area contributed by atoms with Crippen LogP contribution in [0.15, 0.2) is 83.8 Å². The highest BCUT2D eigenvalue weighted by molar-refractivity contribution is 8.12. The fourth-order valence-electron chi connectivity index (χ4n) is 4.13. The van der Waals surface area contributed by atoms with Crippen molar-refractivity contribution in [3.05, 3.63) is 107 Å². The summed E-state index contributed by atoms with van der Waals surface area (Å²) in [6.45, 7) is 2.47. The molecule has 7 nitrogen and oxygen atoms in total. The third-order valence-electron chi connectivity index (χ3n) is 6.15. The zero-order chi connectivity index (χ0) is 27.8. The van der Waals surface area contributed by atoms with Crippen LogP contribution in [0.4, 0.5) is 0 Å². The molecule has 0 fully saturated rings. The number of aliphatic hydroxyl groups is 1. The second-order valence-electron chi connectivity index (χ2n) is 8.98. The van der Waals surface area contributed by atoms with Crippen LogP contribution < -0.4 is 4.72 Å². The van der Waals surface area contributed by atoms with Gasteiger partial charge in [-0.2, -0.15) is 0 Å². The summed E-state index contributed by atoms with van der Waals surface area (Å²) in [4.78, 5) is 17.6. The molecule has 1 amide bonds. The van der Waals surface area contributed by atoms with Gasteiger partial charge in [0.2, 0.25) is 10.0 Å². The van der Waals surface area contributed by atoms with E-state index in [1.807, 2.05) is 53.1 Å². The van der Waals surface area contributed by atoms with Crippen LogP contribution in [0.25, 0.3) is 11.1 Å². The molecule has 0 aliphatic rings. The van der Waals surface area contributed by atoms with Crippen molar-refractivity contribution in [1.82, 2.24) is 14.3 Å². The van der Waals surface area contributed by atoms with E-state index in [-0.39, 0.29) is 17.3 Å². The number of hydrogen-bond donors (Lipinski definition) is 2. The number of unbranched alkanes of at least 4 members (excludes halogenated alkanes) is 1. The van der Waals surface area contributed by atoms with E-state index in [9.17, 15) is 18.3 Å². The minimum absolute atomic E-state index is 0.185. The Balaban J connectivity index is 1.48. The number of imidazole rings is 1. The average molecular weight is 584 g/mol. The molecule has 0 spiro atoms. The fourth-order valence-corrected chi connectivity index (χ4v) is 6.67. The Hall–Kier alpha value is -3.11. The lowest BCUT2D eigenvalue weighted by Gasteiger charge is -2.13. The molecular formula is C29H30ClN3O4S2. The fraction of sp³-hybridized carbons (Fsp3) is 0.241. The second kappa shape index (κ2) is 13.3. The number of aryl methyl sites for hydroxylation is 1. The summed E-state index contributed by atoms with van der Waals surface area (Å²) in [7, 11) is -3.86. The predicted octanol–water partition coefficient (Wildman–Crippen LogP) is 5.90. The third-order valence-corrected chi connectivity index (χ3v) is 9.33. The van der Waals surface area contributed by atoms with Gasteiger partial charge in [-0.25, -0.2) is 18.1 Å². The van der Waals surface area contributed by atoms with Crippen LogP contribution in [0.1, 0.15) is 47.2 Å². The Bertz CT molecular complexity index is 1520. The summed E-state index contributed by atoms with van der Waals surface area (Å²) in [6.07, 6.45) is 2.80. The van der Waals surface area contributed by atoms with Gasteiger partial charge in [-0.15, -0.1) is 11.8 Å². The molecule has 0 radical (unpaired) electrons. The number of halogens is 1. The van der Waals surface area contributed by atoms with Crippen LogP contribution in [0.5, 0.6) is 0 Å². The van der Waals surface area contributed by atoms with Gasteiger partial charge in [0.1, 0.15) is 10.9 Å². The van der Waals surface area contributed by atoms with E-state index in [0.717, 1.165) is 58.4 Å². The van der Waals surface area contributed by atoms with E-state index in [2.05, 4.69) is 16.6 Å². The number of benzene rings is 3. The number of nitrogens with zero attached hydrogens (tertiary/aromatic N) is 2.